The highest BCUT2D eigenvalue weighted by Crippen LogP contribution is 2.42. The molecule has 0 unspecified atom stereocenters. The minimum atomic E-state index is -0.708. The second-order valence-electron chi connectivity index (χ2n) is 7.18. The van der Waals surface area contributed by atoms with Gasteiger partial charge < -0.3 is 20.2 Å². The Balaban J connectivity index is 1.66. The van der Waals surface area contributed by atoms with Crippen LogP contribution < -0.4 is 5.32 Å². The van der Waals surface area contributed by atoms with Crippen molar-refractivity contribution >= 4 is 12.0 Å². The van der Waals surface area contributed by atoms with Gasteiger partial charge >= 0.3 is 12.0 Å². The predicted octanol–water partition coefficient (Wildman–Crippen LogP) is 2.01. The van der Waals surface area contributed by atoms with E-state index in [4.69, 9.17) is 0 Å². The number of benzene rings is 1. The zero-order valence-electron chi connectivity index (χ0n) is 14.8. The molecule has 0 aromatic heterocycles. The molecule has 0 spiro atoms. The van der Waals surface area contributed by atoms with Crippen LogP contribution in [0.2, 0.25) is 0 Å². The Hall–Kier alpha value is -2.08. The van der Waals surface area contributed by atoms with Crippen molar-refractivity contribution in [1.29, 1.82) is 0 Å². The zero-order valence-corrected chi connectivity index (χ0v) is 14.8. The first kappa shape index (κ1) is 17.7. The molecular weight excluding hydrogens is 318 g/mol. The Kier molecular flexibility index (Phi) is 5.27. The number of nitrogens with zero attached hydrogens (tertiary/aromatic N) is 2. The molecule has 2 fully saturated rings. The van der Waals surface area contributed by atoms with Crippen LogP contribution in [0.3, 0.4) is 0 Å². The summed E-state index contributed by atoms with van der Waals surface area (Å²) in [6.45, 7) is 5.90. The number of carbonyl (C=O) groups is 2. The molecule has 6 heteroatoms. The lowest BCUT2D eigenvalue weighted by molar-refractivity contribution is -0.150. The summed E-state index contributed by atoms with van der Waals surface area (Å²) in [5, 5.41) is 12.8. The standard InChI is InChI=1S/C19H27N3O3/c1-2-21-12-16-13-22(10-6-9-19(16,14-21)17(23)24)18(25)20-11-15-7-4-3-5-8-15/h3-5,7-8,16H,2,6,9-14H2,1H3,(H,20,25)(H,23,24)/t16-,19+/m0/s1. The highest BCUT2D eigenvalue weighted by Gasteiger charge is 2.53. The van der Waals surface area contributed by atoms with E-state index in [9.17, 15) is 14.7 Å². The summed E-state index contributed by atoms with van der Waals surface area (Å²) in [6, 6.07) is 9.71. The number of amides is 2. The number of hydrogen-bond donors (Lipinski definition) is 2. The van der Waals surface area contributed by atoms with Gasteiger partial charge in [-0.15, -0.1) is 0 Å². The molecule has 0 saturated carbocycles. The lowest BCUT2D eigenvalue weighted by Crippen LogP contribution is -2.45. The van der Waals surface area contributed by atoms with Crippen molar-refractivity contribution in [2.75, 3.05) is 32.7 Å². The number of urea groups is 1. The third-order valence-corrected chi connectivity index (χ3v) is 5.70. The van der Waals surface area contributed by atoms with Gasteiger partial charge in [0.1, 0.15) is 0 Å². The monoisotopic (exact) mass is 345 g/mol. The molecule has 6 nitrogen and oxygen atoms in total. The van der Waals surface area contributed by atoms with Crippen molar-refractivity contribution in [1.82, 2.24) is 15.1 Å². The number of carbonyl (C=O) groups excluding carboxylic acids is 1. The minimum Gasteiger partial charge on any atom is -0.481 e. The van der Waals surface area contributed by atoms with Crippen LogP contribution in [0.1, 0.15) is 25.3 Å². The lowest BCUT2D eigenvalue weighted by Gasteiger charge is -2.29. The van der Waals surface area contributed by atoms with Gasteiger partial charge in [-0.1, -0.05) is 37.3 Å². The molecule has 136 valence electrons. The maximum Gasteiger partial charge on any atom is 0.317 e. The Morgan fingerprint density at radius 3 is 2.72 bits per heavy atom. The van der Waals surface area contributed by atoms with Gasteiger partial charge in [0, 0.05) is 38.6 Å². The first-order chi connectivity index (χ1) is 12.0. The van der Waals surface area contributed by atoms with Crippen LogP contribution in [0, 0.1) is 11.3 Å². The smallest absolute Gasteiger partial charge is 0.317 e. The first-order valence-corrected chi connectivity index (χ1v) is 9.07. The number of nitrogens with one attached hydrogen (secondary N) is 1. The SMILES string of the molecule is CCN1C[C@H]2CN(C(=O)NCc3ccccc3)CCC[C@@]2(C(=O)O)C1. The maximum absolute atomic E-state index is 12.6. The van der Waals surface area contributed by atoms with E-state index in [1.807, 2.05) is 30.3 Å². The van der Waals surface area contributed by atoms with Crippen molar-refractivity contribution in [2.45, 2.75) is 26.3 Å². The van der Waals surface area contributed by atoms with Crippen LogP contribution in [-0.2, 0) is 11.3 Å². The summed E-state index contributed by atoms with van der Waals surface area (Å²) in [4.78, 5) is 28.6. The van der Waals surface area contributed by atoms with Gasteiger partial charge in [-0.25, -0.2) is 4.79 Å². The predicted molar refractivity (Wildman–Crippen MR) is 95.2 cm³/mol. The third kappa shape index (κ3) is 3.63. The molecule has 1 aromatic carbocycles. The van der Waals surface area contributed by atoms with Crippen LogP contribution in [0.4, 0.5) is 4.79 Å². The van der Waals surface area contributed by atoms with Crippen LogP contribution in [0.5, 0.6) is 0 Å². The topological polar surface area (TPSA) is 72.9 Å². The number of fused-ring (bicyclic) bond motifs is 1. The van der Waals surface area contributed by atoms with E-state index in [2.05, 4.69) is 17.1 Å². The number of likely N-dealkylation sites (tertiary alicyclic amines) is 2. The van der Waals surface area contributed by atoms with E-state index < -0.39 is 11.4 Å². The van der Waals surface area contributed by atoms with E-state index in [0.29, 0.717) is 32.6 Å². The van der Waals surface area contributed by atoms with Crippen LogP contribution in [-0.4, -0.2) is 59.6 Å². The molecule has 2 heterocycles. The fourth-order valence-electron chi connectivity index (χ4n) is 4.20. The van der Waals surface area contributed by atoms with E-state index in [-0.39, 0.29) is 11.9 Å². The molecule has 2 aliphatic rings. The largest absolute Gasteiger partial charge is 0.481 e. The summed E-state index contributed by atoms with van der Waals surface area (Å²) >= 11 is 0. The zero-order chi connectivity index (χ0) is 17.9. The second kappa shape index (κ2) is 7.44. The van der Waals surface area contributed by atoms with E-state index in [1.165, 1.54) is 0 Å². The summed E-state index contributed by atoms with van der Waals surface area (Å²) in [5.41, 5.74) is 0.355. The molecule has 2 saturated heterocycles. The van der Waals surface area contributed by atoms with Crippen molar-refractivity contribution < 1.29 is 14.7 Å². The maximum atomic E-state index is 12.6. The van der Waals surface area contributed by atoms with Crippen molar-refractivity contribution in [2.24, 2.45) is 11.3 Å². The summed E-state index contributed by atoms with van der Waals surface area (Å²) < 4.78 is 0. The average Bonchev–Trinajstić information content (AvgIpc) is 2.88. The van der Waals surface area contributed by atoms with Gasteiger partial charge in [0.25, 0.3) is 0 Å². The van der Waals surface area contributed by atoms with Gasteiger partial charge in [-0.2, -0.15) is 0 Å². The van der Waals surface area contributed by atoms with Gasteiger partial charge in [-0.3, -0.25) is 4.79 Å². The van der Waals surface area contributed by atoms with Crippen molar-refractivity contribution in [3.05, 3.63) is 35.9 Å². The fraction of sp³-hybridized carbons (Fsp3) is 0.579. The van der Waals surface area contributed by atoms with Crippen LogP contribution in [0.25, 0.3) is 0 Å². The number of carboxylic acids is 1. The first-order valence-electron chi connectivity index (χ1n) is 9.07. The van der Waals surface area contributed by atoms with Gasteiger partial charge in [0.15, 0.2) is 0 Å². The molecule has 25 heavy (non-hydrogen) atoms. The minimum absolute atomic E-state index is 0.00470. The number of aliphatic carboxylic acids is 1. The molecule has 3 rings (SSSR count). The Morgan fingerprint density at radius 1 is 1.28 bits per heavy atom. The van der Waals surface area contributed by atoms with E-state index in [1.54, 1.807) is 4.90 Å². The van der Waals surface area contributed by atoms with Crippen LogP contribution >= 0.6 is 0 Å². The summed E-state index contributed by atoms with van der Waals surface area (Å²) in [6.07, 6.45) is 1.38. The molecule has 0 aliphatic carbocycles. The molecule has 0 bridgehead atoms. The van der Waals surface area contributed by atoms with Crippen molar-refractivity contribution in [3.63, 3.8) is 0 Å². The number of hydrogen-bond acceptors (Lipinski definition) is 3. The van der Waals surface area contributed by atoms with Gasteiger partial charge in [-0.05, 0) is 24.9 Å². The molecule has 2 amide bonds. The lowest BCUT2D eigenvalue weighted by atomic mass is 9.75. The molecule has 2 atom stereocenters. The quantitative estimate of drug-likeness (QED) is 0.876. The molecular formula is C19H27N3O3. The normalized spacial score (nSPS) is 26.8. The van der Waals surface area contributed by atoms with E-state index >= 15 is 0 Å². The average molecular weight is 345 g/mol. The summed E-state index contributed by atoms with van der Waals surface area (Å²) in [7, 11) is 0. The number of rotatable bonds is 4. The molecule has 2 aliphatic heterocycles. The molecule has 2 N–H and O–H groups in total. The molecule has 1 aromatic rings. The fourth-order valence-corrected chi connectivity index (χ4v) is 4.20. The van der Waals surface area contributed by atoms with E-state index in [0.717, 1.165) is 25.1 Å². The van der Waals surface area contributed by atoms with Crippen LogP contribution in [0.15, 0.2) is 30.3 Å². The number of carboxylic acid groups (broad SMARTS) is 1. The second-order valence-corrected chi connectivity index (χ2v) is 7.18. The summed E-state index contributed by atoms with van der Waals surface area (Å²) in [5.74, 6) is -0.713. The molecule has 0 radical (unpaired) electrons. The van der Waals surface area contributed by atoms with Gasteiger partial charge in [0.05, 0.1) is 5.41 Å². The highest BCUT2D eigenvalue weighted by molar-refractivity contribution is 5.77. The highest BCUT2D eigenvalue weighted by atomic mass is 16.4. The third-order valence-electron chi connectivity index (χ3n) is 5.70. The van der Waals surface area contributed by atoms with Crippen molar-refractivity contribution in [3.8, 4) is 0 Å². The Bertz CT molecular complexity index is 622. The van der Waals surface area contributed by atoms with Gasteiger partial charge in [0.2, 0.25) is 0 Å². The Morgan fingerprint density at radius 2 is 2.04 bits per heavy atom. The Labute approximate surface area is 148 Å².